The van der Waals surface area contributed by atoms with Gasteiger partial charge in [-0.1, -0.05) is 0 Å². The average Bonchev–Trinajstić information content (AvgIpc) is 2.37. The minimum Gasteiger partial charge on any atom is -0.385 e. The second kappa shape index (κ2) is 6.53. The molecule has 0 spiro atoms. The number of nitrogens with zero attached hydrogens (tertiary/aromatic N) is 3. The SMILES string of the molecule is COCCCN(C)c1cc(C(F)(F)F)nc(NN)n1. The Kier molecular flexibility index (Phi) is 5.31. The van der Waals surface area contributed by atoms with Gasteiger partial charge in [0.1, 0.15) is 5.82 Å². The number of aromatic nitrogens is 2. The van der Waals surface area contributed by atoms with E-state index in [1.807, 2.05) is 5.43 Å². The minimum absolute atomic E-state index is 0.145. The number of hydrogen-bond donors (Lipinski definition) is 2. The maximum Gasteiger partial charge on any atom is 0.433 e. The van der Waals surface area contributed by atoms with Gasteiger partial charge in [-0.25, -0.2) is 10.8 Å². The van der Waals surface area contributed by atoms with Gasteiger partial charge in [-0.15, -0.1) is 0 Å². The Morgan fingerprint density at radius 1 is 1.42 bits per heavy atom. The van der Waals surface area contributed by atoms with Gasteiger partial charge in [0.15, 0.2) is 5.69 Å². The first-order valence-electron chi connectivity index (χ1n) is 5.51. The number of anilines is 2. The molecule has 19 heavy (non-hydrogen) atoms. The lowest BCUT2D eigenvalue weighted by Gasteiger charge is -2.19. The number of ether oxygens (including phenoxy) is 1. The first-order valence-corrected chi connectivity index (χ1v) is 5.51. The van der Waals surface area contributed by atoms with E-state index in [4.69, 9.17) is 10.6 Å². The van der Waals surface area contributed by atoms with Gasteiger partial charge < -0.3 is 9.64 Å². The molecule has 1 heterocycles. The monoisotopic (exact) mass is 279 g/mol. The van der Waals surface area contributed by atoms with Gasteiger partial charge in [0, 0.05) is 33.4 Å². The Labute approximate surface area is 108 Å². The van der Waals surface area contributed by atoms with E-state index < -0.39 is 11.9 Å². The van der Waals surface area contributed by atoms with Crippen LogP contribution in [0.3, 0.4) is 0 Å². The van der Waals surface area contributed by atoms with E-state index >= 15 is 0 Å². The summed E-state index contributed by atoms with van der Waals surface area (Å²) in [5.74, 6) is 4.94. The molecule has 6 nitrogen and oxygen atoms in total. The third-order valence-corrected chi connectivity index (χ3v) is 2.37. The Hall–Kier alpha value is -1.61. The van der Waals surface area contributed by atoms with E-state index in [-0.39, 0.29) is 11.8 Å². The molecule has 1 rings (SSSR count). The quantitative estimate of drug-likeness (QED) is 0.464. The van der Waals surface area contributed by atoms with Crippen molar-refractivity contribution in [1.82, 2.24) is 9.97 Å². The third-order valence-electron chi connectivity index (χ3n) is 2.37. The van der Waals surface area contributed by atoms with Gasteiger partial charge in [0.2, 0.25) is 5.95 Å². The van der Waals surface area contributed by atoms with E-state index in [1.54, 1.807) is 19.1 Å². The fourth-order valence-electron chi connectivity index (χ4n) is 1.40. The van der Waals surface area contributed by atoms with E-state index in [9.17, 15) is 13.2 Å². The average molecular weight is 279 g/mol. The molecule has 0 atom stereocenters. The van der Waals surface area contributed by atoms with Gasteiger partial charge in [-0.05, 0) is 6.42 Å². The minimum atomic E-state index is -4.54. The van der Waals surface area contributed by atoms with Crippen molar-refractivity contribution in [3.63, 3.8) is 0 Å². The molecule has 0 unspecified atom stereocenters. The van der Waals surface area contributed by atoms with Crippen molar-refractivity contribution in [3.8, 4) is 0 Å². The second-order valence-corrected chi connectivity index (χ2v) is 3.84. The Balaban J connectivity index is 2.93. The van der Waals surface area contributed by atoms with Gasteiger partial charge in [0.25, 0.3) is 0 Å². The zero-order valence-corrected chi connectivity index (χ0v) is 10.7. The Morgan fingerprint density at radius 2 is 2.11 bits per heavy atom. The van der Waals surface area contributed by atoms with Crippen molar-refractivity contribution in [1.29, 1.82) is 0 Å². The molecule has 3 N–H and O–H groups in total. The molecule has 0 aromatic carbocycles. The van der Waals surface area contributed by atoms with E-state index in [0.717, 1.165) is 6.07 Å². The van der Waals surface area contributed by atoms with E-state index in [2.05, 4.69) is 9.97 Å². The number of hydrazine groups is 1. The van der Waals surface area contributed by atoms with Crippen LogP contribution < -0.4 is 16.2 Å². The first-order chi connectivity index (χ1) is 8.88. The molecule has 0 aliphatic carbocycles. The number of nitrogen functional groups attached to an aromatic ring is 1. The molecule has 0 saturated carbocycles. The van der Waals surface area contributed by atoms with Gasteiger partial charge >= 0.3 is 6.18 Å². The molecule has 0 aliphatic heterocycles. The zero-order valence-electron chi connectivity index (χ0n) is 10.7. The molecule has 1 aromatic rings. The summed E-state index contributed by atoms with van der Waals surface area (Å²) in [6.07, 6.45) is -3.87. The summed E-state index contributed by atoms with van der Waals surface area (Å²) in [5.41, 5.74) is 0.990. The lowest BCUT2D eigenvalue weighted by atomic mass is 10.3. The van der Waals surface area contributed by atoms with Crippen molar-refractivity contribution >= 4 is 11.8 Å². The van der Waals surface area contributed by atoms with Crippen LogP contribution in [0.2, 0.25) is 0 Å². The highest BCUT2D eigenvalue weighted by atomic mass is 19.4. The Morgan fingerprint density at radius 3 is 2.63 bits per heavy atom. The topological polar surface area (TPSA) is 76.3 Å². The van der Waals surface area contributed by atoms with Crippen LogP contribution in [-0.2, 0) is 10.9 Å². The van der Waals surface area contributed by atoms with Crippen LogP contribution >= 0.6 is 0 Å². The molecule has 1 aromatic heterocycles. The van der Waals surface area contributed by atoms with Crippen LogP contribution in [0.1, 0.15) is 12.1 Å². The van der Waals surface area contributed by atoms with E-state index in [1.165, 1.54) is 0 Å². The second-order valence-electron chi connectivity index (χ2n) is 3.84. The number of methoxy groups -OCH3 is 1. The predicted molar refractivity (Wildman–Crippen MR) is 64.6 cm³/mol. The first kappa shape index (κ1) is 15.4. The van der Waals surface area contributed by atoms with Gasteiger partial charge in [0.05, 0.1) is 0 Å². The fourth-order valence-corrected chi connectivity index (χ4v) is 1.40. The van der Waals surface area contributed by atoms with Gasteiger partial charge in [-0.3, -0.25) is 5.43 Å². The third kappa shape index (κ3) is 4.52. The number of halogens is 3. The Bertz CT molecular complexity index is 413. The van der Waals surface area contributed by atoms with E-state index in [0.29, 0.717) is 19.6 Å². The molecular weight excluding hydrogens is 263 g/mol. The summed E-state index contributed by atoms with van der Waals surface area (Å²) in [4.78, 5) is 8.74. The number of alkyl halides is 3. The summed E-state index contributed by atoms with van der Waals surface area (Å²) >= 11 is 0. The number of hydrogen-bond acceptors (Lipinski definition) is 6. The molecule has 0 aliphatic rings. The number of nitrogens with two attached hydrogens (primary N) is 1. The van der Waals surface area contributed by atoms with Gasteiger partial charge in [-0.2, -0.15) is 18.2 Å². The van der Waals surface area contributed by atoms with Crippen LogP contribution in [0, 0.1) is 0 Å². The number of nitrogens with one attached hydrogen (secondary N) is 1. The highest BCUT2D eigenvalue weighted by Gasteiger charge is 2.34. The molecule has 0 amide bonds. The molecule has 108 valence electrons. The standard InChI is InChI=1S/C10H16F3N5O/c1-18(4-3-5-19-2)8-6-7(10(11,12)13)15-9(16-8)17-14/h6H,3-5,14H2,1-2H3,(H,15,16,17). The molecule has 0 radical (unpaired) electrons. The van der Waals surface area contributed by atoms with Crippen LogP contribution in [0.4, 0.5) is 24.9 Å². The maximum atomic E-state index is 12.7. The molecule has 0 bridgehead atoms. The van der Waals surface area contributed by atoms with Crippen LogP contribution in [0.15, 0.2) is 6.07 Å². The maximum absolute atomic E-state index is 12.7. The highest BCUT2D eigenvalue weighted by Crippen LogP contribution is 2.30. The summed E-state index contributed by atoms with van der Waals surface area (Å²) in [6, 6.07) is 0.883. The zero-order chi connectivity index (χ0) is 14.5. The van der Waals surface area contributed by atoms with Crippen molar-refractivity contribution in [2.45, 2.75) is 12.6 Å². The van der Waals surface area contributed by atoms with Crippen LogP contribution in [0.25, 0.3) is 0 Å². The highest BCUT2D eigenvalue weighted by molar-refractivity contribution is 5.44. The van der Waals surface area contributed by atoms with Crippen molar-refractivity contribution < 1.29 is 17.9 Å². The summed E-state index contributed by atoms with van der Waals surface area (Å²) in [7, 11) is 3.20. The normalized spacial score (nSPS) is 11.5. The molecule has 0 saturated heterocycles. The largest absolute Gasteiger partial charge is 0.433 e. The summed E-state index contributed by atoms with van der Waals surface area (Å²) < 4.78 is 42.8. The summed E-state index contributed by atoms with van der Waals surface area (Å²) in [6.45, 7) is 1.02. The lowest BCUT2D eigenvalue weighted by molar-refractivity contribution is -0.141. The van der Waals surface area contributed by atoms with Crippen molar-refractivity contribution in [3.05, 3.63) is 11.8 Å². The van der Waals surface area contributed by atoms with Crippen LogP contribution in [-0.4, -0.2) is 37.3 Å². The predicted octanol–water partition coefficient (Wildman–Crippen LogP) is 1.25. The molecular formula is C10H16F3N5O. The number of rotatable bonds is 6. The van der Waals surface area contributed by atoms with Crippen molar-refractivity contribution in [2.75, 3.05) is 37.6 Å². The smallest absolute Gasteiger partial charge is 0.385 e. The van der Waals surface area contributed by atoms with Crippen molar-refractivity contribution in [2.24, 2.45) is 5.84 Å². The molecule has 0 fully saturated rings. The van der Waals surface area contributed by atoms with Crippen LogP contribution in [0.5, 0.6) is 0 Å². The fraction of sp³-hybridized carbons (Fsp3) is 0.600. The molecule has 9 heteroatoms. The lowest BCUT2D eigenvalue weighted by Crippen LogP contribution is -2.24. The summed E-state index contributed by atoms with van der Waals surface area (Å²) in [5, 5.41) is 0.